The second-order valence-electron chi connectivity index (χ2n) is 14.1. The lowest BCUT2D eigenvalue weighted by Gasteiger charge is -2.33. The minimum atomic E-state index is -1.01. The average Bonchev–Trinajstić information content (AvgIpc) is 3.46. The third kappa shape index (κ3) is 8.70. The van der Waals surface area contributed by atoms with Crippen molar-refractivity contribution in [2.24, 2.45) is 5.92 Å². The fourth-order valence-electron chi connectivity index (χ4n) is 7.06. The Labute approximate surface area is 295 Å². The molecule has 2 aliphatic heterocycles. The predicted octanol–water partition coefficient (Wildman–Crippen LogP) is 3.46. The van der Waals surface area contributed by atoms with Crippen molar-refractivity contribution < 1.29 is 28.7 Å². The Bertz CT molecular complexity index is 1670. The van der Waals surface area contributed by atoms with Gasteiger partial charge in [0.1, 0.15) is 17.7 Å². The molecule has 268 valence electrons. The topological polar surface area (TPSA) is 178 Å². The van der Waals surface area contributed by atoms with E-state index >= 15 is 0 Å². The van der Waals surface area contributed by atoms with Crippen molar-refractivity contribution in [1.29, 1.82) is 0 Å². The van der Waals surface area contributed by atoms with E-state index in [1.165, 1.54) is 17.8 Å². The van der Waals surface area contributed by atoms with Gasteiger partial charge >= 0.3 is 6.03 Å². The van der Waals surface area contributed by atoms with Gasteiger partial charge in [-0.3, -0.25) is 19.2 Å². The molecule has 14 heteroatoms. The number of urea groups is 1. The van der Waals surface area contributed by atoms with Crippen LogP contribution in [0.1, 0.15) is 80.6 Å². The normalized spacial score (nSPS) is 21.5. The maximum absolute atomic E-state index is 14.1. The monoisotopic (exact) mass is 705 g/mol. The van der Waals surface area contributed by atoms with Crippen LogP contribution >= 0.6 is 11.3 Å². The van der Waals surface area contributed by atoms with Crippen molar-refractivity contribution in [1.82, 2.24) is 36.1 Å². The quantitative estimate of drug-likeness (QED) is 0.169. The number of amides is 5. The number of para-hydroxylation sites is 1. The zero-order valence-electron chi connectivity index (χ0n) is 28.7. The van der Waals surface area contributed by atoms with Crippen LogP contribution in [0, 0.1) is 5.92 Å². The number of aromatic nitrogens is 2. The molecule has 3 aromatic rings. The molecular formula is C36H47N7O6S. The number of hydrogen-bond donors (Lipinski definition) is 5. The molecule has 6 rings (SSSR count). The van der Waals surface area contributed by atoms with Gasteiger partial charge in [-0.05, 0) is 50.7 Å². The first-order valence-corrected chi connectivity index (χ1v) is 18.6. The summed E-state index contributed by atoms with van der Waals surface area (Å²) >= 11 is 1.27. The maximum atomic E-state index is 14.1. The van der Waals surface area contributed by atoms with Crippen molar-refractivity contribution in [3.05, 3.63) is 52.6 Å². The molecule has 1 aromatic carbocycles. The summed E-state index contributed by atoms with van der Waals surface area (Å²) in [7, 11) is 0. The summed E-state index contributed by atoms with van der Waals surface area (Å²) in [5.41, 5.74) is 0.849. The first kappa shape index (κ1) is 35.5. The Balaban J connectivity index is 1.09. The van der Waals surface area contributed by atoms with E-state index in [-0.39, 0.29) is 24.2 Å². The number of aromatic amines is 1. The van der Waals surface area contributed by atoms with E-state index in [2.05, 4.69) is 31.2 Å². The molecule has 1 aliphatic carbocycles. The number of epoxide rings is 1. The molecule has 0 radical (unpaired) electrons. The summed E-state index contributed by atoms with van der Waals surface area (Å²) in [6.45, 7) is 4.48. The molecule has 3 aliphatic rings. The fraction of sp³-hybridized carbons (Fsp3) is 0.556. The Kier molecular flexibility index (Phi) is 11.2. The van der Waals surface area contributed by atoms with Gasteiger partial charge in [0, 0.05) is 54.2 Å². The Morgan fingerprint density at radius 2 is 1.72 bits per heavy atom. The first-order chi connectivity index (χ1) is 24.1. The van der Waals surface area contributed by atoms with Crippen LogP contribution in [-0.4, -0.2) is 93.9 Å². The Morgan fingerprint density at radius 3 is 2.42 bits per heavy atom. The van der Waals surface area contributed by atoms with E-state index < -0.39 is 41.6 Å². The van der Waals surface area contributed by atoms with Gasteiger partial charge in [0.2, 0.25) is 11.8 Å². The number of ether oxygens (including phenoxy) is 1. The number of thiazole rings is 1. The molecule has 13 nitrogen and oxygen atoms in total. The number of benzene rings is 1. The summed E-state index contributed by atoms with van der Waals surface area (Å²) in [5, 5.41) is 14.7. The number of nitrogens with one attached hydrogen (secondary N) is 5. The predicted molar refractivity (Wildman–Crippen MR) is 189 cm³/mol. The molecule has 3 fully saturated rings. The number of fused-ring (bicyclic) bond motifs is 1. The Morgan fingerprint density at radius 1 is 1.00 bits per heavy atom. The zero-order valence-corrected chi connectivity index (χ0v) is 29.5. The largest absolute Gasteiger partial charge is 0.361 e. The summed E-state index contributed by atoms with van der Waals surface area (Å²) in [5.74, 6) is -1.00. The van der Waals surface area contributed by atoms with Crippen LogP contribution in [0.2, 0.25) is 0 Å². The van der Waals surface area contributed by atoms with E-state index in [1.54, 1.807) is 30.3 Å². The summed E-state index contributed by atoms with van der Waals surface area (Å²) in [4.78, 5) is 75.7. The molecular weight excluding hydrogens is 659 g/mol. The number of likely N-dealkylation sites (tertiary alicyclic amines) is 1. The van der Waals surface area contributed by atoms with E-state index in [0.29, 0.717) is 49.9 Å². The van der Waals surface area contributed by atoms with Gasteiger partial charge in [-0.1, -0.05) is 50.3 Å². The van der Waals surface area contributed by atoms with Crippen molar-refractivity contribution in [3.8, 4) is 0 Å². The van der Waals surface area contributed by atoms with Crippen LogP contribution in [0.3, 0.4) is 0 Å². The lowest BCUT2D eigenvalue weighted by Crippen LogP contribution is -2.58. The lowest BCUT2D eigenvalue weighted by atomic mass is 9.82. The molecule has 4 atom stereocenters. The lowest BCUT2D eigenvalue weighted by molar-refractivity contribution is -0.133. The number of carbonyl (C=O) groups excluding carboxylic acids is 5. The SMILES string of the molecule is C[C@H](NC(=O)N1CCC(NC(=O)c2nccs2)CC1)C(=O)N[C@@H](Cc1c[nH]c2ccccc12)C(=O)N[C@@H](CC1CCCCC1)C(=O)[C@@]1(C)CO1. The second-order valence-corrected chi connectivity index (χ2v) is 14.9. The zero-order chi connectivity index (χ0) is 35.3. The van der Waals surface area contributed by atoms with Crippen LogP contribution < -0.4 is 21.3 Å². The molecule has 5 amide bonds. The number of hydrogen-bond acceptors (Lipinski definition) is 8. The molecule has 0 bridgehead atoms. The van der Waals surface area contributed by atoms with Gasteiger partial charge in [-0.2, -0.15) is 0 Å². The highest BCUT2D eigenvalue weighted by molar-refractivity contribution is 7.11. The molecule has 2 aromatic heterocycles. The number of ketones is 1. The van der Waals surface area contributed by atoms with Crippen LogP contribution in [0.25, 0.3) is 10.9 Å². The average molecular weight is 706 g/mol. The molecule has 5 N–H and O–H groups in total. The van der Waals surface area contributed by atoms with Crippen molar-refractivity contribution in [3.63, 3.8) is 0 Å². The van der Waals surface area contributed by atoms with Crippen LogP contribution in [-0.2, 0) is 25.5 Å². The van der Waals surface area contributed by atoms with E-state index in [1.807, 2.05) is 30.5 Å². The van der Waals surface area contributed by atoms with Crippen molar-refractivity contribution >= 4 is 51.8 Å². The highest BCUT2D eigenvalue weighted by Gasteiger charge is 2.50. The number of carbonyl (C=O) groups is 5. The molecule has 0 unspecified atom stereocenters. The number of rotatable bonds is 13. The third-order valence-electron chi connectivity index (χ3n) is 10.2. The highest BCUT2D eigenvalue weighted by atomic mass is 32.1. The van der Waals surface area contributed by atoms with Gasteiger partial charge in [-0.25, -0.2) is 9.78 Å². The molecule has 50 heavy (non-hydrogen) atoms. The molecule has 2 saturated heterocycles. The summed E-state index contributed by atoms with van der Waals surface area (Å²) in [6.07, 6.45) is 10.7. The number of H-pyrrole nitrogens is 1. The van der Waals surface area contributed by atoms with Gasteiger partial charge in [0.05, 0.1) is 12.6 Å². The van der Waals surface area contributed by atoms with E-state index in [0.717, 1.165) is 42.1 Å². The first-order valence-electron chi connectivity index (χ1n) is 17.7. The second kappa shape index (κ2) is 15.7. The summed E-state index contributed by atoms with van der Waals surface area (Å²) < 4.78 is 5.48. The fourth-order valence-corrected chi connectivity index (χ4v) is 7.60. The smallest absolute Gasteiger partial charge is 0.318 e. The number of Topliss-reactive ketones (excluding diaryl/α,β-unsaturated/α-hetero) is 1. The maximum Gasteiger partial charge on any atom is 0.318 e. The molecule has 4 heterocycles. The Hall–Kier alpha value is -4.30. The summed E-state index contributed by atoms with van der Waals surface area (Å²) in [6, 6.07) is 4.57. The standard InChI is InChI=1S/C36H47N7O6S/c1-22(39-35(48)43-15-12-25(13-16-43)40-33(47)34-37-14-17-50-34)31(45)42-29(19-24-20-38-27-11-7-6-10-26(24)27)32(46)41-28(30(44)36(2)21-49-36)18-23-8-4-3-5-9-23/h6-7,10-11,14,17,20,22-23,25,28-29,38H,3-5,8-9,12-13,15-16,18-19,21H2,1-2H3,(H,39,48)(H,40,47)(H,41,46)(H,42,45)/t22-,28-,29-,36+/m0/s1. The van der Waals surface area contributed by atoms with E-state index in [9.17, 15) is 24.0 Å². The van der Waals surface area contributed by atoms with Gasteiger partial charge < -0.3 is 35.9 Å². The minimum absolute atomic E-state index is 0.0807. The van der Waals surface area contributed by atoms with Crippen LogP contribution in [0.15, 0.2) is 42.0 Å². The number of piperidine rings is 1. The third-order valence-corrected chi connectivity index (χ3v) is 11.0. The van der Waals surface area contributed by atoms with Crippen LogP contribution in [0.4, 0.5) is 4.79 Å². The number of nitrogens with zero attached hydrogens (tertiary/aromatic N) is 2. The van der Waals surface area contributed by atoms with Crippen molar-refractivity contribution in [2.75, 3.05) is 19.7 Å². The molecule has 1 saturated carbocycles. The van der Waals surface area contributed by atoms with Gasteiger partial charge in [0.25, 0.3) is 5.91 Å². The minimum Gasteiger partial charge on any atom is -0.361 e. The van der Waals surface area contributed by atoms with Crippen molar-refractivity contribution in [2.45, 2.75) is 101 Å². The highest BCUT2D eigenvalue weighted by Crippen LogP contribution is 2.33. The van der Waals surface area contributed by atoms with Gasteiger partial charge in [-0.15, -0.1) is 11.3 Å². The van der Waals surface area contributed by atoms with Gasteiger partial charge in [0.15, 0.2) is 10.8 Å². The van der Waals surface area contributed by atoms with E-state index in [4.69, 9.17) is 4.74 Å². The van der Waals surface area contributed by atoms with Crippen LogP contribution in [0.5, 0.6) is 0 Å². The molecule has 0 spiro atoms.